The first-order valence-corrected chi connectivity index (χ1v) is 11.4. The number of hydrogen-bond acceptors (Lipinski definition) is 6. The van der Waals surface area contributed by atoms with Gasteiger partial charge in [0.15, 0.2) is 11.5 Å². The summed E-state index contributed by atoms with van der Waals surface area (Å²) in [7, 11) is 3.33. The van der Waals surface area contributed by atoms with Crippen LogP contribution in [-0.2, 0) is 20.7 Å². The Bertz CT molecular complexity index is 693. The second-order valence-electron chi connectivity index (χ2n) is 9.24. The van der Waals surface area contributed by atoms with Crippen LogP contribution in [0.15, 0.2) is 18.2 Å². The van der Waals surface area contributed by atoms with Crippen molar-refractivity contribution in [1.82, 2.24) is 0 Å². The number of carbonyl (C=O) groups is 1. The van der Waals surface area contributed by atoms with E-state index in [4.69, 9.17) is 18.9 Å². The Kier molecular flexibility index (Phi) is 12.8. The summed E-state index contributed by atoms with van der Waals surface area (Å²) in [5, 5.41) is 11.4. The van der Waals surface area contributed by atoms with Gasteiger partial charge in [0.05, 0.1) is 25.9 Å². The van der Waals surface area contributed by atoms with Gasteiger partial charge in [-0.1, -0.05) is 33.8 Å². The van der Waals surface area contributed by atoms with E-state index in [1.165, 1.54) is 5.56 Å². The maximum atomic E-state index is 11.4. The molecule has 0 N–H and O–H groups in total. The molecule has 4 atom stereocenters. The molecular weight excluding hydrogens is 403 g/mol. The minimum atomic E-state index is -0.971. The maximum absolute atomic E-state index is 11.4. The summed E-state index contributed by atoms with van der Waals surface area (Å²) in [5.41, 5.74) is 1.20. The molecule has 0 unspecified atom stereocenters. The number of epoxide rings is 1. The molecule has 0 spiro atoms. The maximum Gasteiger partial charge on any atom is 1.00 e. The third-order valence-electron chi connectivity index (χ3n) is 6.24. The van der Waals surface area contributed by atoms with Crippen molar-refractivity contribution in [3.63, 3.8) is 0 Å². The van der Waals surface area contributed by atoms with Crippen molar-refractivity contribution < 1.29 is 47.7 Å². The summed E-state index contributed by atoms with van der Waals surface area (Å²) < 4.78 is 22.3. The first-order chi connectivity index (χ1) is 14.8. The second kappa shape index (κ2) is 14.2. The van der Waals surface area contributed by atoms with Crippen molar-refractivity contribution in [1.29, 1.82) is 0 Å². The molecule has 0 bridgehead atoms. The van der Waals surface area contributed by atoms with Crippen LogP contribution < -0.4 is 33.4 Å². The SMILES string of the molecule is COCCCOc1cc(C[C@@H](C[C@H]2O[C@@H]2C[C@H](C(=O)[O-])C(C)C)C(C)C)ccc1OC.[Li+]. The van der Waals surface area contributed by atoms with Gasteiger partial charge in [-0.05, 0) is 54.7 Å². The molecule has 176 valence electrons. The molecule has 1 saturated heterocycles. The Morgan fingerprint density at radius 1 is 1.03 bits per heavy atom. The van der Waals surface area contributed by atoms with Crippen LogP contribution in [0.1, 0.15) is 52.5 Å². The molecule has 1 aliphatic heterocycles. The molecule has 0 aromatic heterocycles. The van der Waals surface area contributed by atoms with Crippen molar-refractivity contribution in [3.8, 4) is 11.5 Å². The number of carboxylic acid groups (broad SMARTS) is 1. The smallest absolute Gasteiger partial charge is 0.550 e. The summed E-state index contributed by atoms with van der Waals surface area (Å²) in [5.74, 6) is 1.04. The fourth-order valence-corrected chi connectivity index (χ4v) is 4.02. The van der Waals surface area contributed by atoms with Crippen molar-refractivity contribution in [2.24, 2.45) is 23.7 Å². The molecule has 0 aliphatic carbocycles. The van der Waals surface area contributed by atoms with E-state index >= 15 is 0 Å². The monoisotopic (exact) mass is 442 g/mol. The van der Waals surface area contributed by atoms with E-state index in [1.54, 1.807) is 14.2 Å². The van der Waals surface area contributed by atoms with Gasteiger partial charge in [-0.2, -0.15) is 0 Å². The van der Waals surface area contributed by atoms with Gasteiger partial charge in [-0.15, -0.1) is 0 Å². The van der Waals surface area contributed by atoms with Crippen LogP contribution in [0.25, 0.3) is 0 Å². The van der Waals surface area contributed by atoms with Gasteiger partial charge >= 0.3 is 18.9 Å². The van der Waals surface area contributed by atoms with Crippen LogP contribution in [-0.4, -0.2) is 45.6 Å². The van der Waals surface area contributed by atoms with Gasteiger partial charge in [0.25, 0.3) is 0 Å². The van der Waals surface area contributed by atoms with E-state index < -0.39 is 11.9 Å². The summed E-state index contributed by atoms with van der Waals surface area (Å²) in [4.78, 5) is 11.4. The third kappa shape index (κ3) is 8.98. The standard InChI is InChI=1S/C25H40O6.Li/c1-16(2)19(14-23-24(31-23)15-20(17(3)4)25(26)27)12-18-8-9-21(29-6)22(13-18)30-11-7-10-28-5;/h8-9,13,16-17,19-20,23-24H,7,10-12,14-15H2,1-6H3,(H,26,27);/q;+1/p-1/t19-,20-,23+,24+;/m0./s1. The molecule has 7 heteroatoms. The Morgan fingerprint density at radius 2 is 1.72 bits per heavy atom. The van der Waals surface area contributed by atoms with E-state index in [0.717, 1.165) is 30.8 Å². The summed E-state index contributed by atoms with van der Waals surface area (Å²) >= 11 is 0. The van der Waals surface area contributed by atoms with Crippen LogP contribution in [0, 0.1) is 23.7 Å². The van der Waals surface area contributed by atoms with E-state index in [-0.39, 0.29) is 37.0 Å². The summed E-state index contributed by atoms with van der Waals surface area (Å²) in [6.45, 7) is 9.54. The zero-order chi connectivity index (χ0) is 23.0. The molecule has 0 saturated carbocycles. The fraction of sp³-hybridized carbons (Fsp3) is 0.720. The number of carbonyl (C=O) groups excluding carboxylic acids is 1. The molecular formula is C25H39LiO6. The van der Waals surface area contributed by atoms with Crippen LogP contribution in [0.5, 0.6) is 11.5 Å². The molecule has 6 nitrogen and oxygen atoms in total. The number of aliphatic carboxylic acids is 1. The van der Waals surface area contributed by atoms with Crippen molar-refractivity contribution >= 4 is 5.97 Å². The van der Waals surface area contributed by atoms with Gasteiger partial charge in [0.2, 0.25) is 0 Å². The molecule has 0 radical (unpaired) electrons. The first-order valence-electron chi connectivity index (χ1n) is 11.4. The van der Waals surface area contributed by atoms with Crippen LogP contribution >= 0.6 is 0 Å². The van der Waals surface area contributed by atoms with Crippen LogP contribution in [0.3, 0.4) is 0 Å². The minimum Gasteiger partial charge on any atom is -0.550 e. The zero-order valence-corrected chi connectivity index (χ0v) is 20.9. The quantitative estimate of drug-likeness (QED) is 0.224. The van der Waals surface area contributed by atoms with E-state index in [9.17, 15) is 9.90 Å². The van der Waals surface area contributed by atoms with Gasteiger partial charge in [-0.3, -0.25) is 0 Å². The topological polar surface area (TPSA) is 80.4 Å². The second-order valence-corrected chi connectivity index (χ2v) is 9.24. The molecule has 32 heavy (non-hydrogen) atoms. The largest absolute Gasteiger partial charge is 1.00 e. The predicted octanol–water partition coefficient (Wildman–Crippen LogP) is 0.499. The van der Waals surface area contributed by atoms with Crippen LogP contribution in [0.2, 0.25) is 0 Å². The van der Waals surface area contributed by atoms with Gasteiger partial charge < -0.3 is 28.8 Å². The third-order valence-corrected chi connectivity index (χ3v) is 6.24. The van der Waals surface area contributed by atoms with Crippen molar-refractivity contribution in [2.75, 3.05) is 27.4 Å². The van der Waals surface area contributed by atoms with E-state index in [2.05, 4.69) is 26.0 Å². The van der Waals surface area contributed by atoms with Crippen molar-refractivity contribution in [2.45, 2.75) is 65.6 Å². The molecule has 1 fully saturated rings. The van der Waals surface area contributed by atoms with Crippen molar-refractivity contribution in [3.05, 3.63) is 23.8 Å². The number of carboxylic acids is 1. The fourth-order valence-electron chi connectivity index (χ4n) is 4.02. The molecule has 2 rings (SSSR count). The molecule has 1 aromatic rings. The number of hydrogen-bond donors (Lipinski definition) is 0. The summed E-state index contributed by atoms with van der Waals surface area (Å²) in [6, 6.07) is 6.12. The van der Waals surface area contributed by atoms with Gasteiger partial charge in [0, 0.05) is 32.0 Å². The molecule has 1 aromatic carbocycles. The van der Waals surface area contributed by atoms with Gasteiger partial charge in [-0.25, -0.2) is 0 Å². The average molecular weight is 443 g/mol. The zero-order valence-electron chi connectivity index (χ0n) is 20.9. The van der Waals surface area contributed by atoms with E-state index in [1.807, 2.05) is 19.9 Å². The first kappa shape index (κ1) is 28.8. The Balaban J connectivity index is 0.00000512. The average Bonchev–Trinajstić information content (AvgIpc) is 3.46. The Morgan fingerprint density at radius 3 is 2.28 bits per heavy atom. The Hall–Kier alpha value is -1.19. The summed E-state index contributed by atoms with van der Waals surface area (Å²) in [6.07, 6.45) is 3.37. The number of ether oxygens (including phenoxy) is 4. The van der Waals surface area contributed by atoms with Crippen LogP contribution in [0.4, 0.5) is 0 Å². The predicted molar refractivity (Wildman–Crippen MR) is 118 cm³/mol. The minimum absolute atomic E-state index is 0. The Labute approximate surface area is 205 Å². The number of rotatable bonds is 15. The van der Waals surface area contributed by atoms with Gasteiger partial charge in [0.1, 0.15) is 0 Å². The number of methoxy groups -OCH3 is 2. The normalized spacial score (nSPS) is 19.4. The molecule has 1 aliphatic rings. The van der Waals surface area contributed by atoms with E-state index in [0.29, 0.717) is 31.5 Å². The molecule has 1 heterocycles. The molecule has 0 amide bonds. The number of benzene rings is 1.